The molecule has 1 aromatic rings. The highest BCUT2D eigenvalue weighted by Gasteiger charge is 2.30. The summed E-state index contributed by atoms with van der Waals surface area (Å²) >= 11 is 0. The first-order valence-corrected chi connectivity index (χ1v) is 9.28. The fourth-order valence-corrected chi connectivity index (χ4v) is 3.66. The Bertz CT molecular complexity index is 561. The highest BCUT2D eigenvalue weighted by molar-refractivity contribution is 5.90. The maximum Gasteiger partial charge on any atom is 0.322 e. The Labute approximate surface area is 150 Å². The van der Waals surface area contributed by atoms with E-state index >= 15 is 0 Å². The van der Waals surface area contributed by atoms with Gasteiger partial charge in [0.1, 0.15) is 12.4 Å². The fourth-order valence-electron chi connectivity index (χ4n) is 3.66. The van der Waals surface area contributed by atoms with Crippen molar-refractivity contribution in [3.63, 3.8) is 0 Å². The minimum atomic E-state index is -0.00395. The van der Waals surface area contributed by atoms with Crippen molar-refractivity contribution >= 4 is 11.7 Å². The van der Waals surface area contributed by atoms with Crippen molar-refractivity contribution < 1.29 is 14.3 Å². The summed E-state index contributed by atoms with van der Waals surface area (Å²) in [5.74, 6) is 0.741. The number of ether oxygens (including phenoxy) is 2. The van der Waals surface area contributed by atoms with Crippen molar-refractivity contribution in [2.45, 2.75) is 31.7 Å². The van der Waals surface area contributed by atoms with Gasteiger partial charge < -0.3 is 24.6 Å². The monoisotopic (exact) mass is 347 g/mol. The molecule has 0 aromatic heterocycles. The average molecular weight is 347 g/mol. The first-order valence-electron chi connectivity index (χ1n) is 9.28. The average Bonchev–Trinajstić information content (AvgIpc) is 3.28. The molecule has 2 heterocycles. The maximum absolute atomic E-state index is 12.7. The molecule has 0 bridgehead atoms. The lowest BCUT2D eigenvalue weighted by Gasteiger charge is -2.28. The van der Waals surface area contributed by atoms with Crippen LogP contribution in [0, 0.1) is 0 Å². The highest BCUT2D eigenvalue weighted by Crippen LogP contribution is 2.23. The van der Waals surface area contributed by atoms with Crippen molar-refractivity contribution in [3.8, 4) is 5.75 Å². The predicted molar refractivity (Wildman–Crippen MR) is 98.2 cm³/mol. The smallest absolute Gasteiger partial charge is 0.322 e. The number of amides is 2. The lowest BCUT2D eigenvalue weighted by molar-refractivity contribution is 0.146. The van der Waals surface area contributed by atoms with Gasteiger partial charge >= 0.3 is 6.03 Å². The van der Waals surface area contributed by atoms with E-state index in [1.165, 1.54) is 25.9 Å². The van der Waals surface area contributed by atoms with Crippen molar-refractivity contribution in [3.05, 3.63) is 24.3 Å². The minimum Gasteiger partial charge on any atom is -0.491 e. The first kappa shape index (κ1) is 18.0. The number of urea groups is 1. The summed E-state index contributed by atoms with van der Waals surface area (Å²) in [6.45, 7) is 5.24. The van der Waals surface area contributed by atoms with E-state index in [9.17, 15) is 4.79 Å². The van der Waals surface area contributed by atoms with Gasteiger partial charge in [0.2, 0.25) is 0 Å². The molecule has 2 fully saturated rings. The van der Waals surface area contributed by atoms with E-state index < -0.39 is 0 Å². The molecule has 1 unspecified atom stereocenters. The van der Waals surface area contributed by atoms with Crippen LogP contribution in [-0.4, -0.2) is 68.4 Å². The van der Waals surface area contributed by atoms with E-state index in [0.717, 1.165) is 37.4 Å². The Morgan fingerprint density at radius 3 is 2.84 bits per heavy atom. The number of carbonyl (C=O) groups is 1. The van der Waals surface area contributed by atoms with E-state index in [1.54, 1.807) is 7.11 Å². The predicted octanol–water partition coefficient (Wildman–Crippen LogP) is 2.80. The third-order valence-corrected chi connectivity index (χ3v) is 4.95. The zero-order valence-electron chi connectivity index (χ0n) is 15.1. The van der Waals surface area contributed by atoms with Crippen molar-refractivity contribution in [2.24, 2.45) is 0 Å². The molecule has 2 aliphatic rings. The second kappa shape index (κ2) is 9.06. The van der Waals surface area contributed by atoms with Crippen molar-refractivity contribution in [1.82, 2.24) is 9.80 Å². The molecule has 6 nitrogen and oxygen atoms in total. The highest BCUT2D eigenvalue weighted by atomic mass is 16.5. The Kier molecular flexibility index (Phi) is 6.53. The summed E-state index contributed by atoms with van der Waals surface area (Å²) in [5, 5.41) is 3.03. The molecule has 6 heteroatoms. The Morgan fingerprint density at radius 1 is 1.20 bits per heavy atom. The second-order valence-electron chi connectivity index (χ2n) is 6.80. The van der Waals surface area contributed by atoms with Crippen LogP contribution >= 0.6 is 0 Å². The molecule has 1 aromatic carbocycles. The standard InChI is InChI=1S/C19H29N3O3/c1-24-12-13-25-18-8-4-6-16(14-18)20-19(23)22-11-5-7-17(22)15-21-9-2-3-10-21/h4,6,8,14,17H,2-3,5,7,9-13,15H2,1H3,(H,20,23). The molecule has 25 heavy (non-hydrogen) atoms. The number of benzene rings is 1. The van der Waals surface area contributed by atoms with E-state index in [2.05, 4.69) is 10.2 Å². The lowest BCUT2D eigenvalue weighted by Crippen LogP contribution is -2.44. The molecule has 0 radical (unpaired) electrons. The van der Waals surface area contributed by atoms with Crippen LogP contribution in [0.4, 0.5) is 10.5 Å². The van der Waals surface area contributed by atoms with Gasteiger partial charge in [-0.2, -0.15) is 0 Å². The summed E-state index contributed by atoms with van der Waals surface area (Å²) in [6.07, 6.45) is 4.76. The van der Waals surface area contributed by atoms with Crippen LogP contribution in [0.25, 0.3) is 0 Å². The Morgan fingerprint density at radius 2 is 2.04 bits per heavy atom. The molecule has 2 amide bonds. The van der Waals surface area contributed by atoms with Gasteiger partial charge in [0.25, 0.3) is 0 Å². The third kappa shape index (κ3) is 5.09. The van der Waals surface area contributed by atoms with Crippen molar-refractivity contribution in [1.29, 1.82) is 0 Å². The molecule has 1 N–H and O–H groups in total. The van der Waals surface area contributed by atoms with Crippen LogP contribution in [0.3, 0.4) is 0 Å². The largest absolute Gasteiger partial charge is 0.491 e. The molecule has 0 saturated carbocycles. The summed E-state index contributed by atoms with van der Waals surface area (Å²) in [4.78, 5) is 17.2. The summed E-state index contributed by atoms with van der Waals surface area (Å²) < 4.78 is 10.6. The van der Waals surface area contributed by atoms with Gasteiger partial charge in [-0.05, 0) is 50.9 Å². The molecule has 2 saturated heterocycles. The lowest BCUT2D eigenvalue weighted by atomic mass is 10.2. The number of hydrogen-bond acceptors (Lipinski definition) is 4. The van der Waals surface area contributed by atoms with Crippen molar-refractivity contribution in [2.75, 3.05) is 51.8 Å². The number of nitrogens with zero attached hydrogens (tertiary/aromatic N) is 2. The Hall–Kier alpha value is -1.79. The second-order valence-corrected chi connectivity index (χ2v) is 6.80. The van der Waals surface area contributed by atoms with Crippen LogP contribution in [0.15, 0.2) is 24.3 Å². The summed E-state index contributed by atoms with van der Waals surface area (Å²) in [7, 11) is 1.65. The molecule has 1 atom stereocenters. The van der Waals surface area contributed by atoms with Gasteiger partial charge in [-0.1, -0.05) is 6.07 Å². The number of anilines is 1. The third-order valence-electron chi connectivity index (χ3n) is 4.95. The van der Waals surface area contributed by atoms with Gasteiger partial charge in [-0.15, -0.1) is 0 Å². The number of nitrogens with one attached hydrogen (secondary N) is 1. The zero-order chi connectivity index (χ0) is 17.5. The number of likely N-dealkylation sites (tertiary alicyclic amines) is 2. The van der Waals surface area contributed by atoms with Crippen LogP contribution < -0.4 is 10.1 Å². The van der Waals surface area contributed by atoms with E-state index in [1.807, 2.05) is 29.2 Å². The van der Waals surface area contributed by atoms with E-state index in [-0.39, 0.29) is 6.03 Å². The van der Waals surface area contributed by atoms with E-state index in [0.29, 0.717) is 19.3 Å². The van der Waals surface area contributed by atoms with Gasteiger partial charge in [0.15, 0.2) is 0 Å². The topological polar surface area (TPSA) is 54.0 Å². The molecule has 2 aliphatic heterocycles. The molecule has 0 aliphatic carbocycles. The number of carbonyl (C=O) groups excluding carboxylic acids is 1. The number of methoxy groups -OCH3 is 1. The van der Waals surface area contributed by atoms with Gasteiger partial charge in [-0.3, -0.25) is 0 Å². The molecular weight excluding hydrogens is 318 g/mol. The van der Waals surface area contributed by atoms with Crippen LogP contribution in [0.1, 0.15) is 25.7 Å². The summed E-state index contributed by atoms with van der Waals surface area (Å²) in [6, 6.07) is 7.86. The van der Waals surface area contributed by atoms with E-state index in [4.69, 9.17) is 9.47 Å². The summed E-state index contributed by atoms with van der Waals surface area (Å²) in [5.41, 5.74) is 0.770. The molecular formula is C19H29N3O3. The normalized spacial score (nSPS) is 20.8. The van der Waals surface area contributed by atoms with Gasteiger partial charge in [0.05, 0.1) is 6.61 Å². The van der Waals surface area contributed by atoms with Gasteiger partial charge in [-0.25, -0.2) is 4.79 Å². The molecule has 3 rings (SSSR count). The first-order chi connectivity index (χ1) is 12.3. The minimum absolute atomic E-state index is 0.00395. The maximum atomic E-state index is 12.7. The van der Waals surface area contributed by atoms with Gasteiger partial charge in [0, 0.05) is 38.0 Å². The molecule has 138 valence electrons. The van der Waals surface area contributed by atoms with Crippen LogP contribution in [0.2, 0.25) is 0 Å². The SMILES string of the molecule is COCCOc1cccc(NC(=O)N2CCCC2CN2CCCC2)c1. The zero-order valence-corrected chi connectivity index (χ0v) is 15.1. The number of rotatable bonds is 7. The van der Waals surface area contributed by atoms with Crippen LogP contribution in [-0.2, 0) is 4.74 Å². The van der Waals surface area contributed by atoms with Crippen LogP contribution in [0.5, 0.6) is 5.75 Å². The Balaban J connectivity index is 1.54. The fraction of sp³-hybridized carbons (Fsp3) is 0.632. The quantitative estimate of drug-likeness (QED) is 0.771. The molecule has 0 spiro atoms. The number of hydrogen-bond donors (Lipinski definition) is 1.